The molecule has 0 fully saturated rings. The molecule has 0 saturated heterocycles. The van der Waals surface area contributed by atoms with Crippen molar-refractivity contribution in [1.29, 1.82) is 0 Å². The van der Waals surface area contributed by atoms with Crippen molar-refractivity contribution >= 4 is 17.9 Å². The lowest BCUT2D eigenvalue weighted by atomic mass is 10.1. The molecular weight excluding hydrogens is 195 g/mol. The maximum atomic E-state index is 13.1. The summed E-state index contributed by atoms with van der Waals surface area (Å²) in [5, 5.41) is 0.230. The summed E-state index contributed by atoms with van der Waals surface area (Å²) in [6.07, 6.45) is 0.483. The molecule has 0 N–H and O–H groups in total. The van der Waals surface area contributed by atoms with Crippen molar-refractivity contribution in [3.63, 3.8) is 0 Å². The Hall–Kier alpha value is -1.09. The molecular formula is C9H8ClFO2. The molecule has 0 unspecified atom stereocenters. The summed E-state index contributed by atoms with van der Waals surface area (Å²) in [7, 11) is 1.29. The number of methoxy groups -OCH3 is 1. The van der Waals surface area contributed by atoms with Gasteiger partial charge in [0.05, 0.1) is 17.7 Å². The van der Waals surface area contributed by atoms with Gasteiger partial charge in [0.1, 0.15) is 0 Å². The Kier molecular flexibility index (Phi) is 2.88. The number of aryl methyl sites for hydroxylation is 1. The Bertz CT molecular complexity index is 350. The summed E-state index contributed by atoms with van der Waals surface area (Å²) < 4.78 is 17.8. The van der Waals surface area contributed by atoms with E-state index in [4.69, 9.17) is 16.3 Å². The Balaban J connectivity index is 3.50. The molecule has 0 aromatic heterocycles. The van der Waals surface area contributed by atoms with E-state index in [0.717, 1.165) is 0 Å². The van der Waals surface area contributed by atoms with Crippen LogP contribution in [-0.4, -0.2) is 13.4 Å². The van der Waals surface area contributed by atoms with Crippen molar-refractivity contribution in [1.82, 2.24) is 0 Å². The minimum atomic E-state index is -0.577. The smallest absolute Gasteiger partial charge is 0.166 e. The Labute approximate surface area is 80.3 Å². The van der Waals surface area contributed by atoms with E-state index in [0.29, 0.717) is 11.8 Å². The predicted octanol–water partition coefficient (Wildman–Crippen LogP) is 2.61. The van der Waals surface area contributed by atoms with Crippen LogP contribution in [0.1, 0.15) is 15.9 Å². The van der Waals surface area contributed by atoms with Crippen LogP contribution in [0.15, 0.2) is 6.07 Å². The number of carbonyl (C=O) groups is 1. The average molecular weight is 203 g/mol. The molecule has 0 saturated carbocycles. The molecule has 0 atom stereocenters. The van der Waals surface area contributed by atoms with Crippen LogP contribution in [0.4, 0.5) is 4.39 Å². The highest BCUT2D eigenvalue weighted by molar-refractivity contribution is 6.34. The van der Waals surface area contributed by atoms with Gasteiger partial charge in [0.2, 0.25) is 0 Å². The molecule has 13 heavy (non-hydrogen) atoms. The molecule has 0 aliphatic heterocycles. The molecule has 0 radical (unpaired) electrons. The highest BCUT2D eigenvalue weighted by Gasteiger charge is 2.14. The second-order valence-corrected chi connectivity index (χ2v) is 2.93. The Morgan fingerprint density at radius 3 is 2.69 bits per heavy atom. The fraction of sp³-hybridized carbons (Fsp3) is 0.222. The standard InChI is InChI=1S/C9H8ClFO2/c1-5-3-7(11)9(13-2)6(4-12)8(5)10/h3-4H,1-2H3. The largest absolute Gasteiger partial charge is 0.493 e. The summed E-state index contributed by atoms with van der Waals surface area (Å²) in [4.78, 5) is 10.6. The summed E-state index contributed by atoms with van der Waals surface area (Å²) in [5.74, 6) is -0.683. The molecule has 0 amide bonds. The molecule has 0 aliphatic carbocycles. The van der Waals surface area contributed by atoms with Gasteiger partial charge >= 0.3 is 0 Å². The zero-order valence-corrected chi connectivity index (χ0v) is 7.98. The molecule has 2 nitrogen and oxygen atoms in total. The van der Waals surface area contributed by atoms with Crippen molar-refractivity contribution < 1.29 is 13.9 Å². The summed E-state index contributed by atoms with van der Waals surface area (Å²) >= 11 is 5.77. The zero-order chi connectivity index (χ0) is 10.0. The van der Waals surface area contributed by atoms with Crippen molar-refractivity contribution in [2.75, 3.05) is 7.11 Å². The predicted molar refractivity (Wildman–Crippen MR) is 48.1 cm³/mol. The van der Waals surface area contributed by atoms with Crippen LogP contribution in [0.3, 0.4) is 0 Å². The third-order valence-electron chi connectivity index (χ3n) is 1.71. The Morgan fingerprint density at radius 2 is 2.23 bits per heavy atom. The first-order chi connectivity index (χ1) is 6.11. The fourth-order valence-corrected chi connectivity index (χ4v) is 1.26. The van der Waals surface area contributed by atoms with E-state index in [-0.39, 0.29) is 16.3 Å². The van der Waals surface area contributed by atoms with E-state index in [9.17, 15) is 9.18 Å². The second-order valence-electron chi connectivity index (χ2n) is 2.55. The van der Waals surface area contributed by atoms with Gasteiger partial charge in [-0.05, 0) is 18.6 Å². The number of ether oxygens (including phenoxy) is 1. The van der Waals surface area contributed by atoms with Gasteiger partial charge < -0.3 is 4.74 Å². The van der Waals surface area contributed by atoms with Crippen molar-refractivity contribution in [3.05, 3.63) is 28.0 Å². The molecule has 1 aromatic rings. The van der Waals surface area contributed by atoms with Gasteiger partial charge in [-0.3, -0.25) is 4.79 Å². The first kappa shape index (κ1) is 9.99. The maximum Gasteiger partial charge on any atom is 0.166 e. The van der Waals surface area contributed by atoms with E-state index in [1.54, 1.807) is 6.92 Å². The van der Waals surface area contributed by atoms with Gasteiger partial charge in [-0.15, -0.1) is 0 Å². The van der Waals surface area contributed by atoms with Gasteiger partial charge in [-0.25, -0.2) is 4.39 Å². The lowest BCUT2D eigenvalue weighted by Crippen LogP contribution is -1.97. The monoisotopic (exact) mass is 202 g/mol. The van der Waals surface area contributed by atoms with E-state index >= 15 is 0 Å². The van der Waals surface area contributed by atoms with Crippen LogP contribution in [0.5, 0.6) is 5.75 Å². The molecule has 1 aromatic carbocycles. The number of aldehydes is 1. The van der Waals surface area contributed by atoms with Gasteiger partial charge in [-0.2, -0.15) is 0 Å². The van der Waals surface area contributed by atoms with Crippen LogP contribution in [0.25, 0.3) is 0 Å². The minimum absolute atomic E-state index is 0.0571. The highest BCUT2D eigenvalue weighted by Crippen LogP contribution is 2.30. The normalized spacial score (nSPS) is 9.85. The van der Waals surface area contributed by atoms with Crippen LogP contribution < -0.4 is 4.74 Å². The summed E-state index contributed by atoms with van der Waals surface area (Å²) in [6.45, 7) is 1.62. The average Bonchev–Trinajstić information content (AvgIpc) is 2.10. The topological polar surface area (TPSA) is 26.3 Å². The quantitative estimate of drug-likeness (QED) is 0.689. The number of benzene rings is 1. The lowest BCUT2D eigenvalue weighted by molar-refractivity contribution is 0.112. The number of rotatable bonds is 2. The van der Waals surface area contributed by atoms with Crippen LogP contribution in [0.2, 0.25) is 5.02 Å². The first-order valence-corrected chi connectivity index (χ1v) is 3.97. The van der Waals surface area contributed by atoms with E-state index in [1.165, 1.54) is 13.2 Å². The molecule has 0 bridgehead atoms. The van der Waals surface area contributed by atoms with Gasteiger partial charge in [0, 0.05) is 0 Å². The van der Waals surface area contributed by atoms with Gasteiger partial charge in [0.25, 0.3) is 0 Å². The zero-order valence-electron chi connectivity index (χ0n) is 7.23. The number of hydrogen-bond acceptors (Lipinski definition) is 2. The molecule has 0 heterocycles. The van der Waals surface area contributed by atoms with Crippen LogP contribution >= 0.6 is 11.6 Å². The van der Waals surface area contributed by atoms with Crippen LogP contribution in [0, 0.1) is 12.7 Å². The number of halogens is 2. The van der Waals surface area contributed by atoms with Gasteiger partial charge in [0.15, 0.2) is 17.9 Å². The molecule has 70 valence electrons. The lowest BCUT2D eigenvalue weighted by Gasteiger charge is -2.08. The van der Waals surface area contributed by atoms with Crippen molar-refractivity contribution in [2.45, 2.75) is 6.92 Å². The third kappa shape index (κ3) is 1.65. The van der Waals surface area contributed by atoms with Crippen molar-refractivity contribution in [2.24, 2.45) is 0 Å². The molecule has 0 aliphatic rings. The van der Waals surface area contributed by atoms with E-state index in [2.05, 4.69) is 0 Å². The second kappa shape index (κ2) is 3.75. The molecule has 4 heteroatoms. The summed E-state index contributed by atoms with van der Waals surface area (Å²) in [5.41, 5.74) is 0.573. The minimum Gasteiger partial charge on any atom is -0.493 e. The SMILES string of the molecule is COc1c(F)cc(C)c(Cl)c1C=O. The third-order valence-corrected chi connectivity index (χ3v) is 2.21. The molecule has 1 rings (SSSR count). The Morgan fingerprint density at radius 1 is 1.62 bits per heavy atom. The first-order valence-electron chi connectivity index (χ1n) is 3.59. The summed E-state index contributed by atoms with van der Waals surface area (Å²) in [6, 6.07) is 1.23. The maximum absolute atomic E-state index is 13.1. The molecule has 0 spiro atoms. The van der Waals surface area contributed by atoms with E-state index < -0.39 is 5.82 Å². The van der Waals surface area contributed by atoms with E-state index in [1.807, 2.05) is 0 Å². The number of carbonyl (C=O) groups excluding carboxylic acids is 1. The number of hydrogen-bond donors (Lipinski definition) is 0. The van der Waals surface area contributed by atoms with Crippen LogP contribution in [-0.2, 0) is 0 Å². The van der Waals surface area contributed by atoms with Gasteiger partial charge in [-0.1, -0.05) is 11.6 Å². The fourth-order valence-electron chi connectivity index (χ4n) is 1.07. The highest BCUT2D eigenvalue weighted by atomic mass is 35.5. The van der Waals surface area contributed by atoms with Crippen molar-refractivity contribution in [3.8, 4) is 5.75 Å².